The molecule has 1 amide bonds. The van der Waals surface area contributed by atoms with Crippen LogP contribution < -0.4 is 15.4 Å². The molecule has 0 bridgehead atoms. The van der Waals surface area contributed by atoms with Gasteiger partial charge in [0.2, 0.25) is 0 Å². The van der Waals surface area contributed by atoms with Gasteiger partial charge in [0.1, 0.15) is 17.4 Å². The maximum absolute atomic E-state index is 12.1. The van der Waals surface area contributed by atoms with E-state index in [0.717, 1.165) is 33.1 Å². The average Bonchev–Trinajstić information content (AvgIpc) is 3.17. The van der Waals surface area contributed by atoms with Crippen molar-refractivity contribution in [2.75, 3.05) is 11.9 Å². The molecule has 0 unspecified atom stereocenters. The minimum atomic E-state index is -0.543. The summed E-state index contributed by atoms with van der Waals surface area (Å²) in [6, 6.07) is 3.49. The Kier molecular flexibility index (Phi) is 5.47. The number of carbonyl (C=O) groups excluding carboxylic acids is 1. The molecular formula is C20H25N3O3S. The number of ether oxygens (including phenoxy) is 2. The van der Waals surface area contributed by atoms with Crippen molar-refractivity contribution in [1.29, 1.82) is 0 Å². The summed E-state index contributed by atoms with van der Waals surface area (Å²) in [6.07, 6.45) is 0.420. The number of thiazole rings is 1. The molecule has 3 rings (SSSR count). The van der Waals surface area contributed by atoms with Gasteiger partial charge in [-0.25, -0.2) is 9.78 Å². The zero-order valence-electron chi connectivity index (χ0n) is 16.3. The minimum Gasteiger partial charge on any atom is -0.493 e. The number of aromatic nitrogens is 1. The van der Waals surface area contributed by atoms with Gasteiger partial charge in [-0.05, 0) is 46.8 Å². The topological polar surface area (TPSA) is 72.5 Å². The van der Waals surface area contributed by atoms with E-state index < -0.39 is 11.7 Å². The summed E-state index contributed by atoms with van der Waals surface area (Å²) in [5, 5.41) is 6.97. The number of alkyl carbamates (subject to hydrolysis) is 1. The minimum absolute atomic E-state index is 0.256. The van der Waals surface area contributed by atoms with Crippen LogP contribution in [0, 0.1) is 11.8 Å². The van der Waals surface area contributed by atoms with Crippen LogP contribution in [0.3, 0.4) is 0 Å². The summed E-state index contributed by atoms with van der Waals surface area (Å²) in [6.45, 7) is 9.88. The molecule has 2 N–H and O–H groups in total. The summed E-state index contributed by atoms with van der Waals surface area (Å²) >= 11 is 1.57. The lowest BCUT2D eigenvalue weighted by molar-refractivity contribution is 0.0507. The Labute approximate surface area is 163 Å². The summed E-state index contributed by atoms with van der Waals surface area (Å²) in [7, 11) is 0. The predicted octanol–water partition coefficient (Wildman–Crippen LogP) is 3.95. The number of nitrogens with one attached hydrogen (secondary N) is 2. The number of anilines is 1. The molecule has 0 fully saturated rings. The van der Waals surface area contributed by atoms with Crippen LogP contribution in [0.5, 0.6) is 5.75 Å². The highest BCUT2D eigenvalue weighted by molar-refractivity contribution is 7.22. The van der Waals surface area contributed by atoms with Crippen molar-refractivity contribution >= 4 is 32.8 Å². The molecule has 0 aliphatic carbocycles. The largest absolute Gasteiger partial charge is 0.493 e. The molecule has 0 saturated heterocycles. The third-order valence-corrected chi connectivity index (χ3v) is 5.01. The molecule has 1 aromatic carbocycles. The van der Waals surface area contributed by atoms with Gasteiger partial charge in [0.25, 0.3) is 0 Å². The fraction of sp³-hybridized carbons (Fsp3) is 0.500. The molecular weight excluding hydrogens is 362 g/mol. The normalized spacial score (nSPS) is 15.1. The molecule has 2 aromatic rings. The van der Waals surface area contributed by atoms with E-state index in [1.807, 2.05) is 39.8 Å². The second kappa shape index (κ2) is 7.65. The molecule has 2 atom stereocenters. The Hall–Kier alpha value is -2.46. The first-order valence-electron chi connectivity index (χ1n) is 9.00. The Balaban J connectivity index is 1.75. The molecule has 0 spiro atoms. The number of amides is 1. The van der Waals surface area contributed by atoms with Crippen LogP contribution in [-0.2, 0) is 11.2 Å². The molecule has 6 nitrogen and oxygen atoms in total. The first-order valence-corrected chi connectivity index (χ1v) is 9.82. The average molecular weight is 388 g/mol. The van der Waals surface area contributed by atoms with Crippen LogP contribution in [0.1, 0.15) is 40.2 Å². The number of carbonyl (C=O) groups is 1. The van der Waals surface area contributed by atoms with Crippen molar-refractivity contribution in [3.8, 4) is 17.6 Å². The van der Waals surface area contributed by atoms with E-state index >= 15 is 0 Å². The summed E-state index contributed by atoms with van der Waals surface area (Å²) < 4.78 is 12.1. The Morgan fingerprint density at radius 2 is 2.19 bits per heavy atom. The molecule has 144 valence electrons. The van der Waals surface area contributed by atoms with Gasteiger partial charge in [0, 0.05) is 12.0 Å². The maximum Gasteiger partial charge on any atom is 0.407 e. The van der Waals surface area contributed by atoms with Crippen LogP contribution in [0.4, 0.5) is 9.93 Å². The van der Waals surface area contributed by atoms with Gasteiger partial charge < -0.3 is 20.1 Å². The van der Waals surface area contributed by atoms with E-state index in [2.05, 4.69) is 22.5 Å². The molecule has 1 aromatic heterocycles. The third kappa shape index (κ3) is 4.64. The third-order valence-electron chi connectivity index (χ3n) is 4.06. The van der Waals surface area contributed by atoms with Crippen LogP contribution in [0.15, 0.2) is 12.1 Å². The van der Waals surface area contributed by atoms with Crippen molar-refractivity contribution in [2.45, 2.75) is 58.7 Å². The summed E-state index contributed by atoms with van der Waals surface area (Å²) in [5.41, 5.74) is 1.60. The standard InChI is InChI=1S/C20H25N3O3S/c1-6-7-14(12(2)21-19(24)26-20(3,4)5)22-18-23-17-13-10-11-25-15(13)8-9-16(17)27-18/h8-9,12,14H,10-11H2,1-5H3,(H,21,24)(H,22,23)/t12-,14+/m0/s1. The summed E-state index contributed by atoms with van der Waals surface area (Å²) in [4.78, 5) is 16.8. The molecule has 0 saturated carbocycles. The predicted molar refractivity (Wildman–Crippen MR) is 109 cm³/mol. The number of nitrogens with zero attached hydrogens (tertiary/aromatic N) is 1. The van der Waals surface area contributed by atoms with E-state index in [1.54, 1.807) is 18.3 Å². The van der Waals surface area contributed by atoms with Gasteiger partial charge in [-0.3, -0.25) is 0 Å². The molecule has 0 radical (unpaired) electrons. The lowest BCUT2D eigenvalue weighted by atomic mass is 10.1. The Morgan fingerprint density at radius 1 is 1.41 bits per heavy atom. The number of benzene rings is 1. The number of hydrogen-bond donors (Lipinski definition) is 2. The van der Waals surface area contributed by atoms with Crippen molar-refractivity contribution in [1.82, 2.24) is 10.3 Å². The molecule has 1 aliphatic rings. The van der Waals surface area contributed by atoms with Gasteiger partial charge in [-0.15, -0.1) is 5.92 Å². The maximum atomic E-state index is 12.1. The van der Waals surface area contributed by atoms with Crippen molar-refractivity contribution < 1.29 is 14.3 Å². The van der Waals surface area contributed by atoms with E-state index in [1.165, 1.54) is 0 Å². The first-order chi connectivity index (χ1) is 12.8. The van der Waals surface area contributed by atoms with Gasteiger partial charge in [0.15, 0.2) is 5.13 Å². The molecule has 1 aliphatic heterocycles. The SMILES string of the molecule is CC#C[C@@H](Nc1nc2c3c(ccc2s1)OCC3)[C@H](C)NC(=O)OC(C)(C)C. The molecule has 27 heavy (non-hydrogen) atoms. The zero-order chi connectivity index (χ0) is 19.6. The van der Waals surface area contributed by atoms with E-state index in [4.69, 9.17) is 14.5 Å². The number of hydrogen-bond acceptors (Lipinski definition) is 6. The number of rotatable bonds is 4. The fourth-order valence-corrected chi connectivity index (χ4v) is 3.82. The van der Waals surface area contributed by atoms with Crippen LogP contribution in [0.25, 0.3) is 10.2 Å². The quantitative estimate of drug-likeness (QED) is 0.777. The highest BCUT2D eigenvalue weighted by atomic mass is 32.1. The van der Waals surface area contributed by atoms with Gasteiger partial charge >= 0.3 is 6.09 Å². The second-order valence-corrected chi connectivity index (χ2v) is 8.49. The molecule has 2 heterocycles. The lowest BCUT2D eigenvalue weighted by Gasteiger charge is -2.24. The highest BCUT2D eigenvalue weighted by Gasteiger charge is 2.23. The highest BCUT2D eigenvalue weighted by Crippen LogP contribution is 2.36. The van der Waals surface area contributed by atoms with Crippen molar-refractivity contribution in [2.24, 2.45) is 0 Å². The monoisotopic (exact) mass is 387 g/mol. The van der Waals surface area contributed by atoms with Gasteiger partial charge in [-0.1, -0.05) is 17.3 Å². The van der Waals surface area contributed by atoms with Crippen molar-refractivity contribution in [3.05, 3.63) is 17.7 Å². The Bertz CT molecular complexity index is 905. The second-order valence-electron chi connectivity index (χ2n) is 7.46. The smallest absolute Gasteiger partial charge is 0.407 e. The van der Waals surface area contributed by atoms with Crippen LogP contribution in [0.2, 0.25) is 0 Å². The van der Waals surface area contributed by atoms with Crippen LogP contribution in [-0.4, -0.2) is 35.4 Å². The van der Waals surface area contributed by atoms with E-state index in [-0.39, 0.29) is 12.1 Å². The van der Waals surface area contributed by atoms with Gasteiger partial charge in [0.05, 0.1) is 22.9 Å². The zero-order valence-corrected chi connectivity index (χ0v) is 17.1. The van der Waals surface area contributed by atoms with Crippen LogP contribution >= 0.6 is 11.3 Å². The van der Waals surface area contributed by atoms with Crippen molar-refractivity contribution in [3.63, 3.8) is 0 Å². The van der Waals surface area contributed by atoms with E-state index in [9.17, 15) is 4.79 Å². The van der Waals surface area contributed by atoms with Gasteiger partial charge in [-0.2, -0.15) is 0 Å². The van der Waals surface area contributed by atoms with E-state index in [0.29, 0.717) is 6.61 Å². The number of fused-ring (bicyclic) bond motifs is 3. The molecule has 7 heteroatoms. The Morgan fingerprint density at radius 3 is 2.89 bits per heavy atom. The fourth-order valence-electron chi connectivity index (χ4n) is 2.88. The first kappa shape index (κ1) is 19.3. The lowest BCUT2D eigenvalue weighted by Crippen LogP contribution is -2.46. The summed E-state index contributed by atoms with van der Waals surface area (Å²) in [5.74, 6) is 6.95.